The number of para-hydroxylation sites is 1. The van der Waals surface area contributed by atoms with Gasteiger partial charge in [-0.3, -0.25) is 9.59 Å². The second-order valence-corrected chi connectivity index (χ2v) is 12.3. The van der Waals surface area contributed by atoms with Crippen molar-refractivity contribution in [2.24, 2.45) is 5.73 Å². The minimum absolute atomic E-state index is 0.0458. The highest BCUT2D eigenvalue weighted by atomic mass is 16.2. The molecule has 0 saturated carbocycles. The number of carbonyl (C=O) groups excluding carboxylic acids is 2. The van der Waals surface area contributed by atoms with Crippen LogP contribution in [0.3, 0.4) is 0 Å². The zero-order valence-corrected chi connectivity index (χ0v) is 23.1. The third-order valence-corrected chi connectivity index (χ3v) is 8.72. The summed E-state index contributed by atoms with van der Waals surface area (Å²) in [5.41, 5.74) is 9.64. The first-order valence-corrected chi connectivity index (χ1v) is 14.0. The molecule has 202 valence electrons. The van der Waals surface area contributed by atoms with Crippen LogP contribution in [0.2, 0.25) is 0 Å². The predicted octanol–water partition coefficient (Wildman–Crippen LogP) is 5.78. The van der Waals surface area contributed by atoms with Gasteiger partial charge in [-0.15, -0.1) is 0 Å². The number of aromatic nitrogens is 2. The van der Waals surface area contributed by atoms with Crippen molar-refractivity contribution in [3.63, 3.8) is 0 Å². The molecule has 7 heteroatoms. The highest BCUT2D eigenvalue weighted by molar-refractivity contribution is 6.18. The number of nitrogens with zero attached hydrogens (tertiary/aromatic N) is 3. The molecule has 0 bridgehead atoms. The third-order valence-electron chi connectivity index (χ3n) is 8.72. The highest BCUT2D eigenvalue weighted by Crippen LogP contribution is 2.43. The third kappa shape index (κ3) is 4.34. The van der Waals surface area contributed by atoms with Gasteiger partial charge in [0, 0.05) is 42.3 Å². The van der Waals surface area contributed by atoms with Crippen molar-refractivity contribution in [1.29, 1.82) is 0 Å². The number of hydrogen-bond acceptors (Lipinski definition) is 4. The van der Waals surface area contributed by atoms with Gasteiger partial charge in [0.2, 0.25) is 0 Å². The maximum absolute atomic E-state index is 13.7. The van der Waals surface area contributed by atoms with Crippen LogP contribution in [-0.2, 0) is 5.41 Å². The lowest BCUT2D eigenvalue weighted by Crippen LogP contribution is -2.62. The standard InChI is InChI=1S/C32H37N5O2/c1-31(2,3)22-13-11-21(12-14-22)30(39)36-17-8-16-32(20-36)15-6-7-18-37(32)29-26-23-9-4-5-10-25(23)35-27(26)24(19-34-29)28(33)38/h4-5,9-14,19,35H,6-8,15-18,20H2,1-3H3,(H2,33,38). The van der Waals surface area contributed by atoms with Crippen LogP contribution in [0.4, 0.5) is 5.82 Å². The molecule has 6 rings (SSSR count). The van der Waals surface area contributed by atoms with Gasteiger partial charge in [0.05, 0.1) is 22.0 Å². The fourth-order valence-electron chi connectivity index (χ4n) is 6.65. The number of aromatic amines is 1. The molecule has 2 fully saturated rings. The van der Waals surface area contributed by atoms with E-state index >= 15 is 0 Å². The van der Waals surface area contributed by atoms with E-state index in [2.05, 4.69) is 48.9 Å². The lowest BCUT2D eigenvalue weighted by atomic mass is 9.79. The molecule has 2 saturated heterocycles. The number of H-pyrrole nitrogens is 1. The van der Waals surface area contributed by atoms with Gasteiger partial charge in [-0.2, -0.15) is 0 Å². The minimum atomic E-state index is -0.495. The molecule has 39 heavy (non-hydrogen) atoms. The van der Waals surface area contributed by atoms with Gasteiger partial charge in [0.1, 0.15) is 5.82 Å². The predicted molar refractivity (Wildman–Crippen MR) is 156 cm³/mol. The van der Waals surface area contributed by atoms with E-state index in [0.717, 1.165) is 78.4 Å². The Morgan fingerprint density at radius 3 is 2.46 bits per heavy atom. The van der Waals surface area contributed by atoms with Crippen LogP contribution < -0.4 is 10.6 Å². The van der Waals surface area contributed by atoms with E-state index in [9.17, 15) is 9.59 Å². The van der Waals surface area contributed by atoms with E-state index in [-0.39, 0.29) is 16.9 Å². The average molecular weight is 524 g/mol. The van der Waals surface area contributed by atoms with Crippen LogP contribution in [0, 0.1) is 0 Å². The molecule has 3 N–H and O–H groups in total. The number of nitrogens with one attached hydrogen (secondary N) is 1. The Labute approximate surface area is 229 Å². The molecule has 2 aromatic carbocycles. The molecule has 1 unspecified atom stereocenters. The number of amides is 2. The van der Waals surface area contributed by atoms with E-state index in [1.165, 1.54) is 5.56 Å². The number of nitrogens with two attached hydrogens (primary N) is 1. The average Bonchev–Trinajstić information content (AvgIpc) is 3.32. The number of rotatable bonds is 3. The van der Waals surface area contributed by atoms with E-state index < -0.39 is 5.91 Å². The summed E-state index contributed by atoms with van der Waals surface area (Å²) in [7, 11) is 0. The number of benzene rings is 2. The van der Waals surface area contributed by atoms with Crippen LogP contribution >= 0.6 is 0 Å². The summed E-state index contributed by atoms with van der Waals surface area (Å²) in [6.07, 6.45) is 6.74. The van der Waals surface area contributed by atoms with Crippen molar-refractivity contribution in [2.45, 2.75) is 63.8 Å². The van der Waals surface area contributed by atoms with Crippen molar-refractivity contribution in [3.05, 3.63) is 71.4 Å². The molecular weight excluding hydrogens is 486 g/mol. The first-order chi connectivity index (χ1) is 18.7. The molecule has 0 aliphatic carbocycles. The normalized spacial score (nSPS) is 20.2. The monoisotopic (exact) mass is 523 g/mol. The number of fused-ring (bicyclic) bond motifs is 3. The van der Waals surface area contributed by atoms with Gasteiger partial charge >= 0.3 is 0 Å². The van der Waals surface area contributed by atoms with Gasteiger partial charge in [-0.1, -0.05) is 51.1 Å². The molecule has 2 amide bonds. The fraction of sp³-hybridized carbons (Fsp3) is 0.406. The zero-order chi connectivity index (χ0) is 27.4. The molecule has 1 spiro atoms. The second-order valence-electron chi connectivity index (χ2n) is 12.3. The van der Waals surface area contributed by atoms with Gasteiger partial charge in [-0.05, 0) is 61.3 Å². The summed E-state index contributed by atoms with van der Waals surface area (Å²) in [5, 5.41) is 1.96. The quantitative estimate of drug-likeness (QED) is 0.356. The van der Waals surface area contributed by atoms with Gasteiger partial charge in [0.25, 0.3) is 11.8 Å². The van der Waals surface area contributed by atoms with E-state index in [0.29, 0.717) is 12.1 Å². The number of hydrogen-bond donors (Lipinski definition) is 2. The maximum atomic E-state index is 13.7. The first-order valence-electron chi connectivity index (χ1n) is 14.0. The number of primary amides is 1. The maximum Gasteiger partial charge on any atom is 0.253 e. The fourth-order valence-corrected chi connectivity index (χ4v) is 6.65. The number of pyridine rings is 1. The van der Waals surface area contributed by atoms with Crippen molar-refractivity contribution >= 4 is 39.4 Å². The number of anilines is 1. The second kappa shape index (κ2) is 9.40. The number of piperidine rings is 2. The van der Waals surface area contributed by atoms with E-state index in [1.807, 2.05) is 35.2 Å². The number of carbonyl (C=O) groups is 2. The Bertz CT molecular complexity index is 1560. The number of likely N-dealkylation sites (tertiary alicyclic amines) is 1. The highest BCUT2D eigenvalue weighted by Gasteiger charge is 2.45. The van der Waals surface area contributed by atoms with Gasteiger partial charge in [-0.25, -0.2) is 4.98 Å². The van der Waals surface area contributed by atoms with Crippen LogP contribution in [0.25, 0.3) is 21.8 Å². The Morgan fingerprint density at radius 2 is 1.72 bits per heavy atom. The van der Waals surface area contributed by atoms with E-state index in [1.54, 1.807) is 6.20 Å². The van der Waals surface area contributed by atoms with Crippen LogP contribution in [-0.4, -0.2) is 51.9 Å². The summed E-state index contributed by atoms with van der Waals surface area (Å²) in [6, 6.07) is 16.2. The van der Waals surface area contributed by atoms with Crippen molar-refractivity contribution in [3.8, 4) is 0 Å². The molecule has 2 aliphatic rings. The van der Waals surface area contributed by atoms with Gasteiger partial charge in [0.15, 0.2) is 0 Å². The Hall–Kier alpha value is -3.87. The Balaban J connectivity index is 1.39. The van der Waals surface area contributed by atoms with Crippen LogP contribution in [0.5, 0.6) is 0 Å². The summed E-state index contributed by atoms with van der Waals surface area (Å²) < 4.78 is 0. The van der Waals surface area contributed by atoms with Crippen molar-refractivity contribution < 1.29 is 9.59 Å². The zero-order valence-electron chi connectivity index (χ0n) is 23.1. The Morgan fingerprint density at radius 1 is 0.974 bits per heavy atom. The topological polar surface area (TPSA) is 95.3 Å². The summed E-state index contributed by atoms with van der Waals surface area (Å²) in [5.74, 6) is 0.469. The molecule has 2 aromatic heterocycles. The lowest BCUT2D eigenvalue weighted by Gasteiger charge is -2.53. The van der Waals surface area contributed by atoms with Crippen molar-refractivity contribution in [1.82, 2.24) is 14.9 Å². The minimum Gasteiger partial charge on any atom is -0.365 e. The Kier molecular flexibility index (Phi) is 6.12. The molecule has 2 aliphatic heterocycles. The SMILES string of the molecule is CC(C)(C)c1ccc(C(=O)N2CCCC3(CCCCN3c3ncc(C(N)=O)c4[nH]c5ccccc5c34)C2)cc1. The summed E-state index contributed by atoms with van der Waals surface area (Å²) in [4.78, 5) is 38.8. The van der Waals surface area contributed by atoms with Crippen LogP contribution in [0.15, 0.2) is 54.7 Å². The molecule has 4 heterocycles. The molecular formula is C32H37N5O2. The summed E-state index contributed by atoms with van der Waals surface area (Å²) in [6.45, 7) is 8.83. The smallest absolute Gasteiger partial charge is 0.253 e. The molecule has 1 atom stereocenters. The largest absolute Gasteiger partial charge is 0.365 e. The van der Waals surface area contributed by atoms with Crippen molar-refractivity contribution in [2.75, 3.05) is 24.5 Å². The molecule has 7 nitrogen and oxygen atoms in total. The van der Waals surface area contributed by atoms with E-state index in [4.69, 9.17) is 10.7 Å². The van der Waals surface area contributed by atoms with Gasteiger partial charge < -0.3 is 20.5 Å². The first kappa shape index (κ1) is 25.4. The molecule has 4 aromatic rings. The molecule has 0 radical (unpaired) electrons. The lowest BCUT2D eigenvalue weighted by molar-refractivity contribution is 0.0605. The summed E-state index contributed by atoms with van der Waals surface area (Å²) >= 11 is 0. The van der Waals surface area contributed by atoms with Crippen LogP contribution in [0.1, 0.15) is 79.2 Å².